The van der Waals surface area contributed by atoms with Crippen molar-refractivity contribution in [1.82, 2.24) is 0 Å². The lowest BCUT2D eigenvalue weighted by atomic mass is 10.1. The largest absolute Gasteiger partial charge is 0.467 e. The third-order valence-corrected chi connectivity index (χ3v) is 1.81. The molecule has 0 aliphatic rings. The molecule has 0 radical (unpaired) electrons. The summed E-state index contributed by atoms with van der Waals surface area (Å²) in [4.78, 5) is 0. The van der Waals surface area contributed by atoms with E-state index in [2.05, 4.69) is 6.58 Å². The second-order valence-electron chi connectivity index (χ2n) is 3.24. The fraction of sp³-hybridized carbons (Fsp3) is 0.400. The van der Waals surface area contributed by atoms with Gasteiger partial charge in [0, 0.05) is 0 Å². The molecule has 2 nitrogen and oxygen atoms in total. The van der Waals surface area contributed by atoms with Crippen LogP contribution in [0.4, 0.5) is 0 Å². The number of rotatable bonds is 3. The third-order valence-electron chi connectivity index (χ3n) is 1.81. The van der Waals surface area contributed by atoms with Crippen molar-refractivity contribution in [2.75, 3.05) is 0 Å². The van der Waals surface area contributed by atoms with Crippen molar-refractivity contribution >= 4 is 0 Å². The second-order valence-corrected chi connectivity index (χ2v) is 3.24. The molecule has 2 N–H and O–H groups in total. The summed E-state index contributed by atoms with van der Waals surface area (Å²) >= 11 is 0. The van der Waals surface area contributed by atoms with Crippen LogP contribution in [0.15, 0.2) is 28.9 Å². The minimum Gasteiger partial charge on any atom is -0.467 e. The summed E-state index contributed by atoms with van der Waals surface area (Å²) in [5, 5.41) is 0. The molecule has 0 aliphatic carbocycles. The Morgan fingerprint density at radius 2 is 2.42 bits per heavy atom. The zero-order chi connectivity index (χ0) is 9.14. The van der Waals surface area contributed by atoms with Gasteiger partial charge in [-0.3, -0.25) is 0 Å². The van der Waals surface area contributed by atoms with Gasteiger partial charge in [0.05, 0.1) is 12.3 Å². The maximum atomic E-state index is 5.89. The second kappa shape index (κ2) is 3.59. The summed E-state index contributed by atoms with van der Waals surface area (Å²) in [7, 11) is 0. The van der Waals surface area contributed by atoms with Crippen LogP contribution in [-0.2, 0) is 0 Å². The van der Waals surface area contributed by atoms with Crippen molar-refractivity contribution in [3.8, 4) is 0 Å². The van der Waals surface area contributed by atoms with Gasteiger partial charge in [-0.1, -0.05) is 5.57 Å². The SMILES string of the molecule is C=C(C)CC(N)c1occc1C. The number of hydrogen-bond acceptors (Lipinski definition) is 2. The van der Waals surface area contributed by atoms with Gasteiger partial charge >= 0.3 is 0 Å². The predicted octanol–water partition coefficient (Wildman–Crippen LogP) is 2.55. The van der Waals surface area contributed by atoms with Gasteiger partial charge in [-0.05, 0) is 31.9 Å². The van der Waals surface area contributed by atoms with Crippen LogP contribution in [0.3, 0.4) is 0 Å². The highest BCUT2D eigenvalue weighted by Crippen LogP contribution is 2.21. The van der Waals surface area contributed by atoms with Crippen LogP contribution in [0, 0.1) is 6.92 Å². The first-order valence-electron chi connectivity index (χ1n) is 4.05. The van der Waals surface area contributed by atoms with E-state index in [1.165, 1.54) is 0 Å². The summed E-state index contributed by atoms with van der Waals surface area (Å²) in [6.45, 7) is 7.78. The Morgan fingerprint density at radius 1 is 1.75 bits per heavy atom. The quantitative estimate of drug-likeness (QED) is 0.699. The van der Waals surface area contributed by atoms with Gasteiger partial charge in [-0.15, -0.1) is 6.58 Å². The first-order valence-corrected chi connectivity index (χ1v) is 4.05. The van der Waals surface area contributed by atoms with Crippen molar-refractivity contribution in [3.63, 3.8) is 0 Å². The summed E-state index contributed by atoms with van der Waals surface area (Å²) < 4.78 is 5.26. The van der Waals surface area contributed by atoms with Crippen LogP contribution in [0.1, 0.15) is 30.7 Å². The highest BCUT2D eigenvalue weighted by molar-refractivity contribution is 5.19. The van der Waals surface area contributed by atoms with Gasteiger partial charge in [-0.25, -0.2) is 0 Å². The van der Waals surface area contributed by atoms with Gasteiger partial charge in [0.15, 0.2) is 0 Å². The van der Waals surface area contributed by atoms with Crippen molar-refractivity contribution in [2.45, 2.75) is 26.3 Å². The molecule has 0 saturated carbocycles. The maximum Gasteiger partial charge on any atom is 0.123 e. The average molecular weight is 165 g/mol. The van der Waals surface area contributed by atoms with E-state index < -0.39 is 0 Å². The molecule has 0 aliphatic heterocycles. The molecule has 1 atom stereocenters. The van der Waals surface area contributed by atoms with E-state index in [1.54, 1.807) is 6.26 Å². The summed E-state index contributed by atoms with van der Waals surface area (Å²) in [6.07, 6.45) is 2.46. The molecule has 0 amide bonds. The lowest BCUT2D eigenvalue weighted by molar-refractivity contribution is 0.461. The zero-order valence-corrected chi connectivity index (χ0v) is 7.63. The summed E-state index contributed by atoms with van der Waals surface area (Å²) in [6, 6.07) is 1.88. The molecule has 1 aromatic heterocycles. The fourth-order valence-electron chi connectivity index (χ4n) is 1.23. The Labute approximate surface area is 73.1 Å². The molecule has 1 heterocycles. The van der Waals surface area contributed by atoms with E-state index in [0.717, 1.165) is 23.3 Å². The van der Waals surface area contributed by atoms with Crippen LogP contribution in [0.25, 0.3) is 0 Å². The Kier molecular flexibility index (Phi) is 2.71. The van der Waals surface area contributed by atoms with Crippen molar-refractivity contribution in [3.05, 3.63) is 35.8 Å². The number of nitrogens with two attached hydrogens (primary N) is 1. The Balaban J connectivity index is 2.71. The smallest absolute Gasteiger partial charge is 0.123 e. The van der Waals surface area contributed by atoms with Crippen LogP contribution in [-0.4, -0.2) is 0 Å². The molecule has 0 saturated heterocycles. The first-order chi connectivity index (χ1) is 5.61. The van der Waals surface area contributed by atoms with E-state index in [-0.39, 0.29) is 6.04 Å². The van der Waals surface area contributed by atoms with Crippen molar-refractivity contribution < 1.29 is 4.42 Å². The molecule has 1 unspecified atom stereocenters. The van der Waals surface area contributed by atoms with Crippen LogP contribution in [0.5, 0.6) is 0 Å². The first kappa shape index (κ1) is 9.07. The molecule has 1 rings (SSSR count). The van der Waals surface area contributed by atoms with Crippen molar-refractivity contribution in [2.24, 2.45) is 5.73 Å². The lowest BCUT2D eigenvalue weighted by Crippen LogP contribution is -2.10. The molecule has 2 heteroatoms. The van der Waals surface area contributed by atoms with Gasteiger partial charge in [0.2, 0.25) is 0 Å². The third kappa shape index (κ3) is 1.98. The molecule has 0 bridgehead atoms. The van der Waals surface area contributed by atoms with Crippen LogP contribution < -0.4 is 5.73 Å². The van der Waals surface area contributed by atoms with E-state index in [9.17, 15) is 0 Å². The highest BCUT2D eigenvalue weighted by Gasteiger charge is 2.11. The molecule has 12 heavy (non-hydrogen) atoms. The van der Waals surface area contributed by atoms with Crippen LogP contribution >= 0.6 is 0 Å². The standard InChI is InChI=1S/C10H15NO/c1-7(2)6-9(11)10-8(3)4-5-12-10/h4-5,9H,1,6,11H2,2-3H3. The lowest BCUT2D eigenvalue weighted by Gasteiger charge is -2.08. The highest BCUT2D eigenvalue weighted by atomic mass is 16.3. The van der Waals surface area contributed by atoms with Gasteiger partial charge in [-0.2, -0.15) is 0 Å². The maximum absolute atomic E-state index is 5.89. The molecule has 66 valence electrons. The number of furan rings is 1. The monoisotopic (exact) mass is 165 g/mol. The summed E-state index contributed by atoms with van der Waals surface area (Å²) in [5.74, 6) is 0.873. The minimum absolute atomic E-state index is 0.0440. The van der Waals surface area contributed by atoms with E-state index in [0.29, 0.717) is 0 Å². The van der Waals surface area contributed by atoms with E-state index >= 15 is 0 Å². The van der Waals surface area contributed by atoms with E-state index in [4.69, 9.17) is 10.2 Å². The summed E-state index contributed by atoms with van der Waals surface area (Å²) in [5.41, 5.74) is 8.08. The minimum atomic E-state index is -0.0440. The Bertz CT molecular complexity index is 275. The fourth-order valence-corrected chi connectivity index (χ4v) is 1.23. The molecule has 0 aromatic carbocycles. The Hall–Kier alpha value is -1.02. The van der Waals surface area contributed by atoms with Gasteiger partial charge < -0.3 is 10.2 Å². The van der Waals surface area contributed by atoms with Gasteiger partial charge in [0.1, 0.15) is 5.76 Å². The number of aryl methyl sites for hydroxylation is 1. The average Bonchev–Trinajstić information content (AvgIpc) is 2.33. The molecular weight excluding hydrogens is 150 g/mol. The molecule has 0 fully saturated rings. The topological polar surface area (TPSA) is 39.2 Å². The van der Waals surface area contributed by atoms with Crippen molar-refractivity contribution in [1.29, 1.82) is 0 Å². The molecule has 0 spiro atoms. The normalized spacial score (nSPS) is 12.9. The predicted molar refractivity (Wildman–Crippen MR) is 49.8 cm³/mol. The zero-order valence-electron chi connectivity index (χ0n) is 7.63. The van der Waals surface area contributed by atoms with E-state index in [1.807, 2.05) is 19.9 Å². The molecule has 1 aromatic rings. The molecular formula is C10H15NO. The number of hydrogen-bond donors (Lipinski definition) is 1. The van der Waals surface area contributed by atoms with Crippen LogP contribution in [0.2, 0.25) is 0 Å². The van der Waals surface area contributed by atoms with Gasteiger partial charge in [0.25, 0.3) is 0 Å². The Morgan fingerprint density at radius 3 is 2.83 bits per heavy atom.